The number of hydrogen-bond acceptors (Lipinski definition) is 9. The summed E-state index contributed by atoms with van der Waals surface area (Å²) in [4.78, 5) is 11.0. The molecule has 1 fully saturated rings. The van der Waals surface area contributed by atoms with Crippen molar-refractivity contribution in [2.45, 2.75) is 57.7 Å². The third-order valence-corrected chi connectivity index (χ3v) is 23.4. The maximum Gasteiger partial charge on any atom is 0.500 e. The fraction of sp³-hybridized carbons (Fsp3) is 0.929. The second kappa shape index (κ2) is 11.6. The molecule has 0 radical (unpaired) electrons. The van der Waals surface area contributed by atoms with E-state index in [1.807, 2.05) is 19.6 Å². The molecule has 0 spiro atoms. The Morgan fingerprint density at radius 3 is 1.93 bits per heavy atom. The zero-order valence-corrected chi connectivity index (χ0v) is 23.7. The number of carbonyl (C=O) groups excluding carboxylic acids is 1. The third-order valence-electron chi connectivity index (χ3n) is 4.54. The van der Waals surface area contributed by atoms with Crippen LogP contribution in [0.25, 0.3) is 0 Å². The number of rotatable bonds is 10. The van der Waals surface area contributed by atoms with Gasteiger partial charge in [-0.25, -0.2) is 0 Å². The molecule has 1 heterocycles. The third kappa shape index (κ3) is 8.56. The second-order valence-electron chi connectivity index (χ2n) is 7.12. The predicted molar refractivity (Wildman–Crippen MR) is 116 cm³/mol. The molecule has 1 aliphatic heterocycles. The number of ether oxygens (including phenoxy) is 1. The summed E-state index contributed by atoms with van der Waals surface area (Å²) in [5.74, 6) is -0.278. The second-order valence-corrected chi connectivity index (χ2v) is 21.8. The summed E-state index contributed by atoms with van der Waals surface area (Å²) >= 11 is 0. The van der Waals surface area contributed by atoms with Crippen LogP contribution in [0.2, 0.25) is 44.3 Å². The molecule has 14 heteroatoms. The smallest absolute Gasteiger partial charge is 0.466 e. The molecule has 0 aromatic carbocycles. The van der Waals surface area contributed by atoms with Crippen LogP contribution >= 0.6 is 0 Å². The van der Waals surface area contributed by atoms with Crippen LogP contribution in [-0.4, -0.2) is 78.4 Å². The van der Waals surface area contributed by atoms with Crippen LogP contribution < -0.4 is 0 Å². The highest BCUT2D eigenvalue weighted by Crippen LogP contribution is 2.31. The van der Waals surface area contributed by atoms with Crippen LogP contribution in [0.15, 0.2) is 0 Å². The van der Waals surface area contributed by atoms with Crippen molar-refractivity contribution in [1.29, 1.82) is 0 Å². The van der Waals surface area contributed by atoms with Gasteiger partial charge in [-0.1, -0.05) is 0 Å². The highest BCUT2D eigenvalue weighted by molar-refractivity contribution is 6.87. The molecule has 0 saturated carbocycles. The maximum atomic E-state index is 11.0. The van der Waals surface area contributed by atoms with Crippen LogP contribution in [0.4, 0.5) is 0 Å². The molecule has 0 aromatic heterocycles. The molecule has 0 bridgehead atoms. The Balaban J connectivity index is 2.89. The van der Waals surface area contributed by atoms with Crippen molar-refractivity contribution in [2.75, 3.05) is 27.9 Å². The SMILES string of the molecule is CO[Si](CC[Si]1(C)O[SiH](C)O[SiH](C)O[Si](C)(CCCOC(C)=O)O1)(OC)OC. The molecular formula is C14H36O9Si5. The molecule has 0 aliphatic carbocycles. The highest BCUT2D eigenvalue weighted by Gasteiger charge is 2.49. The minimum atomic E-state index is -2.73. The van der Waals surface area contributed by atoms with Gasteiger partial charge in [0.1, 0.15) is 0 Å². The van der Waals surface area contributed by atoms with Crippen molar-refractivity contribution in [3.05, 3.63) is 0 Å². The van der Waals surface area contributed by atoms with Gasteiger partial charge in [0, 0.05) is 34.3 Å². The van der Waals surface area contributed by atoms with Crippen molar-refractivity contribution in [3.63, 3.8) is 0 Å². The van der Waals surface area contributed by atoms with E-state index in [0.29, 0.717) is 31.2 Å². The van der Waals surface area contributed by atoms with E-state index in [9.17, 15) is 4.79 Å². The van der Waals surface area contributed by atoms with Gasteiger partial charge in [0.15, 0.2) is 0 Å². The Bertz CT molecular complexity index is 490. The van der Waals surface area contributed by atoms with Crippen LogP contribution in [0.1, 0.15) is 13.3 Å². The van der Waals surface area contributed by atoms with E-state index in [1.54, 1.807) is 21.3 Å². The first-order chi connectivity index (χ1) is 13.0. The van der Waals surface area contributed by atoms with E-state index >= 15 is 0 Å². The molecule has 0 N–H and O–H groups in total. The van der Waals surface area contributed by atoms with Crippen LogP contribution in [0.3, 0.4) is 0 Å². The topological polar surface area (TPSA) is 90.9 Å². The van der Waals surface area contributed by atoms with Crippen LogP contribution in [0, 0.1) is 0 Å². The number of hydrogen-bond donors (Lipinski definition) is 0. The summed E-state index contributed by atoms with van der Waals surface area (Å²) in [6.45, 7) is 9.90. The number of carbonyl (C=O) groups is 1. The lowest BCUT2D eigenvalue weighted by molar-refractivity contribution is -0.140. The van der Waals surface area contributed by atoms with Gasteiger partial charge >= 0.3 is 31.9 Å². The molecule has 1 rings (SSSR count). The molecule has 0 aromatic rings. The average Bonchev–Trinajstić information content (AvgIpc) is 2.58. The van der Waals surface area contributed by atoms with Crippen molar-refractivity contribution in [2.24, 2.45) is 0 Å². The summed E-state index contributed by atoms with van der Waals surface area (Å²) in [7, 11) is -6.75. The van der Waals surface area contributed by atoms with Crippen molar-refractivity contribution in [3.8, 4) is 0 Å². The van der Waals surface area contributed by atoms with E-state index < -0.39 is 44.5 Å². The monoisotopic (exact) mass is 488 g/mol. The van der Waals surface area contributed by atoms with Gasteiger partial charge in [0.25, 0.3) is 18.6 Å². The van der Waals surface area contributed by atoms with Gasteiger partial charge < -0.3 is 34.5 Å². The minimum absolute atomic E-state index is 0.278. The highest BCUT2D eigenvalue weighted by atomic mass is 28.5. The summed E-state index contributed by atoms with van der Waals surface area (Å²) in [6, 6.07) is 1.98. The molecule has 4 unspecified atom stereocenters. The van der Waals surface area contributed by atoms with E-state index in [0.717, 1.165) is 0 Å². The molecule has 1 saturated heterocycles. The molecule has 4 atom stereocenters. The van der Waals surface area contributed by atoms with Gasteiger partial charge in [-0.2, -0.15) is 0 Å². The largest absolute Gasteiger partial charge is 0.500 e. The van der Waals surface area contributed by atoms with Crippen molar-refractivity contribution in [1.82, 2.24) is 0 Å². The zero-order chi connectivity index (χ0) is 21.4. The predicted octanol–water partition coefficient (Wildman–Crippen LogP) is 1.74. The van der Waals surface area contributed by atoms with Crippen LogP contribution in [0.5, 0.6) is 0 Å². The first kappa shape index (κ1) is 26.3. The standard InChI is InChI=1S/C14H36O9Si5/c1-14(15)19-10-9-11-26(7)21-24(5)20-25(6)22-27(8,23-26)12-13-28(16-2,17-3)18-4/h24-25H,9-13H2,1-8H3. The first-order valence-electron chi connectivity index (χ1n) is 9.51. The maximum absolute atomic E-state index is 11.0. The van der Waals surface area contributed by atoms with E-state index in [-0.39, 0.29) is 5.97 Å². The molecule has 0 amide bonds. The Kier molecular flexibility index (Phi) is 10.9. The molecule has 28 heavy (non-hydrogen) atoms. The fourth-order valence-electron chi connectivity index (χ4n) is 3.30. The minimum Gasteiger partial charge on any atom is -0.466 e. The van der Waals surface area contributed by atoms with Crippen molar-refractivity contribution >= 4 is 50.5 Å². The average molecular weight is 489 g/mol. The Hall–Kier alpha value is 0.274. The van der Waals surface area contributed by atoms with Gasteiger partial charge in [-0.3, -0.25) is 4.79 Å². The quantitative estimate of drug-likeness (QED) is 0.259. The normalized spacial score (nSPS) is 31.9. The summed E-state index contributed by atoms with van der Waals surface area (Å²) < 4.78 is 47.3. The summed E-state index contributed by atoms with van der Waals surface area (Å²) in [5.41, 5.74) is 0. The summed E-state index contributed by atoms with van der Waals surface area (Å²) in [6.07, 6.45) is 0.688. The zero-order valence-electron chi connectivity index (χ0n) is 18.4. The van der Waals surface area contributed by atoms with Gasteiger partial charge in [0.05, 0.1) is 6.61 Å². The van der Waals surface area contributed by atoms with Crippen LogP contribution in [-0.2, 0) is 39.3 Å². The Morgan fingerprint density at radius 1 is 0.964 bits per heavy atom. The van der Waals surface area contributed by atoms with E-state index in [4.69, 9.17) is 34.5 Å². The molecular weight excluding hydrogens is 453 g/mol. The van der Waals surface area contributed by atoms with E-state index in [2.05, 4.69) is 6.55 Å². The molecule has 9 nitrogen and oxygen atoms in total. The lowest BCUT2D eigenvalue weighted by atomic mass is 10.5. The fourth-order valence-corrected chi connectivity index (χ4v) is 24.1. The molecule has 1 aliphatic rings. The lowest BCUT2D eigenvalue weighted by Gasteiger charge is -2.43. The number of esters is 1. The Labute approximate surface area is 175 Å². The lowest BCUT2D eigenvalue weighted by Crippen LogP contribution is -2.60. The van der Waals surface area contributed by atoms with E-state index in [1.165, 1.54) is 6.92 Å². The summed E-state index contributed by atoms with van der Waals surface area (Å²) in [5, 5.41) is 0. The Morgan fingerprint density at radius 2 is 1.46 bits per heavy atom. The molecule has 166 valence electrons. The van der Waals surface area contributed by atoms with Gasteiger partial charge in [-0.15, -0.1) is 0 Å². The van der Waals surface area contributed by atoms with Gasteiger partial charge in [-0.05, 0) is 44.7 Å². The van der Waals surface area contributed by atoms with Crippen molar-refractivity contribution < 1.29 is 39.3 Å². The first-order valence-corrected chi connectivity index (χ1v) is 20.7. The van der Waals surface area contributed by atoms with Gasteiger partial charge in [0.2, 0.25) is 0 Å².